The highest BCUT2D eigenvalue weighted by atomic mass is 16.4. The van der Waals surface area contributed by atoms with Crippen molar-refractivity contribution in [3.05, 3.63) is 69.8 Å². The highest BCUT2D eigenvalue weighted by molar-refractivity contribution is 5.94. The summed E-state index contributed by atoms with van der Waals surface area (Å²) in [6.07, 6.45) is 3.47. The quantitative estimate of drug-likeness (QED) is 0.392. The molecule has 2 aliphatic heterocycles. The molecule has 0 spiro atoms. The second kappa shape index (κ2) is 8.69. The molecular formula is C29H30N4O2. The lowest BCUT2D eigenvalue weighted by Gasteiger charge is -2.02. The maximum absolute atomic E-state index is 11.4. The van der Waals surface area contributed by atoms with Gasteiger partial charge >= 0.3 is 5.97 Å². The van der Waals surface area contributed by atoms with E-state index in [1.165, 1.54) is 16.7 Å². The Bertz CT molecular complexity index is 1600. The standard InChI is InChI=1S/C29H30N4O2/c1-6-21-17(4)25-12-20-9-15(2)23(30-20)11-19-10-16(3)24(31-19)13-26-18(5)22(7-8-29(34)35)28(33-26)14-27(21)32-25/h9-14,30,32H,6-8H2,1-5H3,(H,34,35). The molecule has 5 rings (SSSR count). The molecule has 0 saturated carbocycles. The maximum Gasteiger partial charge on any atom is 0.303 e. The number of carboxylic acid groups (broad SMARTS) is 1. The molecule has 6 nitrogen and oxygen atoms in total. The zero-order chi connectivity index (χ0) is 24.9. The van der Waals surface area contributed by atoms with Crippen molar-refractivity contribution in [2.24, 2.45) is 0 Å². The van der Waals surface area contributed by atoms with E-state index in [-0.39, 0.29) is 6.42 Å². The molecule has 0 aromatic carbocycles. The third-order valence-corrected chi connectivity index (χ3v) is 7.02. The van der Waals surface area contributed by atoms with E-state index in [9.17, 15) is 9.90 Å². The van der Waals surface area contributed by atoms with Crippen molar-refractivity contribution in [1.82, 2.24) is 19.9 Å². The van der Waals surface area contributed by atoms with Gasteiger partial charge in [-0.15, -0.1) is 0 Å². The Morgan fingerprint density at radius 1 is 0.886 bits per heavy atom. The summed E-state index contributed by atoms with van der Waals surface area (Å²) in [6, 6.07) is 10.5. The number of nitrogens with zero attached hydrogens (tertiary/aromatic N) is 2. The van der Waals surface area contributed by atoms with Crippen molar-refractivity contribution in [1.29, 1.82) is 0 Å². The number of aryl methyl sites for hydroxylation is 3. The number of H-pyrrole nitrogens is 2. The normalized spacial score (nSPS) is 13.3. The Morgan fingerprint density at radius 2 is 1.69 bits per heavy atom. The summed E-state index contributed by atoms with van der Waals surface area (Å²) < 4.78 is 0. The molecule has 178 valence electrons. The monoisotopic (exact) mass is 466 g/mol. The molecule has 35 heavy (non-hydrogen) atoms. The van der Waals surface area contributed by atoms with Gasteiger partial charge in [-0.25, -0.2) is 9.97 Å². The van der Waals surface area contributed by atoms with Crippen LogP contribution < -0.4 is 0 Å². The van der Waals surface area contributed by atoms with Gasteiger partial charge in [0.2, 0.25) is 0 Å². The molecule has 5 heterocycles. The second-order valence-corrected chi connectivity index (χ2v) is 9.44. The molecule has 0 fully saturated rings. The Hall–Kier alpha value is -3.93. The third-order valence-electron chi connectivity index (χ3n) is 7.02. The number of hydrogen-bond donors (Lipinski definition) is 3. The van der Waals surface area contributed by atoms with Crippen LogP contribution in [0.25, 0.3) is 44.9 Å². The number of rotatable bonds is 4. The van der Waals surface area contributed by atoms with Crippen molar-refractivity contribution in [3.63, 3.8) is 0 Å². The number of fused-ring (bicyclic) bond motifs is 8. The van der Waals surface area contributed by atoms with Crippen LogP contribution in [0.1, 0.15) is 73.1 Å². The molecule has 3 N–H and O–H groups in total. The molecule has 0 saturated heterocycles. The number of carboxylic acids is 1. The highest BCUT2D eigenvalue weighted by Crippen LogP contribution is 2.35. The predicted octanol–water partition coefficient (Wildman–Crippen LogP) is 6.85. The van der Waals surface area contributed by atoms with Crippen LogP contribution in [0.2, 0.25) is 0 Å². The first-order chi connectivity index (χ1) is 16.7. The molecule has 0 amide bonds. The Balaban J connectivity index is 1.89. The van der Waals surface area contributed by atoms with Crippen LogP contribution in [-0.2, 0) is 11.2 Å². The summed E-state index contributed by atoms with van der Waals surface area (Å²) in [6.45, 7) is 10.5. The molecule has 0 aliphatic carbocycles. The van der Waals surface area contributed by atoms with Gasteiger partial charge in [-0.05, 0) is 110 Å². The second-order valence-electron chi connectivity index (χ2n) is 9.44. The number of aromatic nitrogens is 4. The van der Waals surface area contributed by atoms with E-state index in [0.717, 1.165) is 68.0 Å². The molecular weight excluding hydrogens is 436 g/mol. The van der Waals surface area contributed by atoms with Crippen molar-refractivity contribution >= 4 is 50.8 Å². The molecule has 6 heteroatoms. The molecule has 0 unspecified atom stereocenters. The number of aromatic amines is 2. The number of carbonyl (C=O) groups is 1. The first kappa shape index (κ1) is 22.8. The number of allylic oxidation sites excluding steroid dienone is 3. The zero-order valence-corrected chi connectivity index (χ0v) is 20.8. The summed E-state index contributed by atoms with van der Waals surface area (Å²) in [5.74, 6) is -0.809. The number of aliphatic carboxylic acids is 1. The molecule has 3 aromatic heterocycles. The topological polar surface area (TPSA) is 94.7 Å². The van der Waals surface area contributed by atoms with Gasteiger partial charge in [0, 0.05) is 28.5 Å². The van der Waals surface area contributed by atoms with E-state index in [1.54, 1.807) is 0 Å². The van der Waals surface area contributed by atoms with Gasteiger partial charge in [0.05, 0.1) is 22.8 Å². The van der Waals surface area contributed by atoms with Gasteiger partial charge < -0.3 is 15.1 Å². The summed E-state index contributed by atoms with van der Waals surface area (Å²) in [5.41, 5.74) is 14.2. The first-order valence-corrected chi connectivity index (χ1v) is 12.1. The fourth-order valence-corrected chi connectivity index (χ4v) is 5.01. The van der Waals surface area contributed by atoms with E-state index < -0.39 is 5.97 Å². The molecule has 0 atom stereocenters. The minimum absolute atomic E-state index is 0.0667. The predicted molar refractivity (Wildman–Crippen MR) is 143 cm³/mol. The Labute approximate surface area is 204 Å². The van der Waals surface area contributed by atoms with E-state index in [2.05, 4.69) is 68.0 Å². The van der Waals surface area contributed by atoms with Crippen LogP contribution in [0.3, 0.4) is 0 Å². The number of hydrogen-bond acceptors (Lipinski definition) is 3. The van der Waals surface area contributed by atoms with Gasteiger partial charge in [-0.3, -0.25) is 4.79 Å². The number of nitrogens with one attached hydrogen (secondary N) is 2. The van der Waals surface area contributed by atoms with Crippen LogP contribution in [0.4, 0.5) is 0 Å². The van der Waals surface area contributed by atoms with Gasteiger partial charge in [0.15, 0.2) is 0 Å². The van der Waals surface area contributed by atoms with Crippen molar-refractivity contribution in [2.75, 3.05) is 0 Å². The minimum atomic E-state index is -0.809. The lowest BCUT2D eigenvalue weighted by molar-refractivity contribution is -0.136. The first-order valence-electron chi connectivity index (χ1n) is 12.1. The Morgan fingerprint density at radius 3 is 2.43 bits per heavy atom. The van der Waals surface area contributed by atoms with Crippen LogP contribution in [-0.4, -0.2) is 31.0 Å². The van der Waals surface area contributed by atoms with Gasteiger partial charge in [-0.2, -0.15) is 0 Å². The van der Waals surface area contributed by atoms with Crippen LogP contribution in [0, 0.1) is 13.8 Å². The summed E-state index contributed by atoms with van der Waals surface area (Å²) in [7, 11) is 0. The fourth-order valence-electron chi connectivity index (χ4n) is 5.01. The molecule has 0 radical (unpaired) electrons. The van der Waals surface area contributed by atoms with E-state index in [0.29, 0.717) is 6.42 Å². The smallest absolute Gasteiger partial charge is 0.303 e. The SMILES string of the molecule is CCc1c(C)c2cc3cc(C)c(cc4nc(cc5nc(cc1[nH]2)C(CCC(=O)O)=C5C)C(C)=C4)[nH]3. The lowest BCUT2D eigenvalue weighted by Crippen LogP contribution is -1.95. The van der Waals surface area contributed by atoms with Crippen molar-refractivity contribution < 1.29 is 9.90 Å². The molecule has 2 aliphatic rings. The molecule has 3 aromatic rings. The van der Waals surface area contributed by atoms with E-state index in [1.807, 2.05) is 13.0 Å². The maximum atomic E-state index is 11.4. The minimum Gasteiger partial charge on any atom is -0.481 e. The van der Waals surface area contributed by atoms with Gasteiger partial charge in [0.25, 0.3) is 0 Å². The van der Waals surface area contributed by atoms with Crippen LogP contribution >= 0.6 is 0 Å². The fraction of sp³-hybridized carbons (Fsp3) is 0.276. The van der Waals surface area contributed by atoms with E-state index in [4.69, 9.17) is 9.97 Å². The average Bonchev–Trinajstić information content (AvgIpc) is 3.48. The lowest BCUT2D eigenvalue weighted by atomic mass is 10.0. The summed E-state index contributed by atoms with van der Waals surface area (Å²) >= 11 is 0. The third kappa shape index (κ3) is 4.20. The van der Waals surface area contributed by atoms with Gasteiger partial charge in [0.1, 0.15) is 0 Å². The summed E-state index contributed by atoms with van der Waals surface area (Å²) in [5, 5.41) is 9.33. The largest absolute Gasteiger partial charge is 0.481 e. The summed E-state index contributed by atoms with van der Waals surface area (Å²) in [4.78, 5) is 28.3. The molecule has 8 bridgehead atoms. The van der Waals surface area contributed by atoms with Crippen molar-refractivity contribution in [3.8, 4) is 0 Å². The van der Waals surface area contributed by atoms with Gasteiger partial charge in [-0.1, -0.05) is 6.92 Å². The van der Waals surface area contributed by atoms with Crippen molar-refractivity contribution in [2.45, 2.75) is 53.9 Å². The van der Waals surface area contributed by atoms with Crippen LogP contribution in [0.15, 0.2) is 30.3 Å². The van der Waals surface area contributed by atoms with E-state index >= 15 is 0 Å². The van der Waals surface area contributed by atoms with Crippen LogP contribution in [0.5, 0.6) is 0 Å². The highest BCUT2D eigenvalue weighted by Gasteiger charge is 2.19. The average molecular weight is 467 g/mol. The Kier molecular flexibility index (Phi) is 5.67. The zero-order valence-electron chi connectivity index (χ0n) is 20.8.